The number of hydrogen-bond donors (Lipinski definition) is 3. The molecule has 1 amide bonds. The van der Waals surface area contributed by atoms with Crippen molar-refractivity contribution < 1.29 is 9.72 Å². The van der Waals surface area contributed by atoms with Gasteiger partial charge in [-0.15, -0.1) is 0 Å². The summed E-state index contributed by atoms with van der Waals surface area (Å²) < 4.78 is 0. The van der Waals surface area contributed by atoms with Crippen LogP contribution in [0.5, 0.6) is 0 Å². The third-order valence-corrected chi connectivity index (χ3v) is 3.97. The highest BCUT2D eigenvalue weighted by Gasteiger charge is 2.27. The Balaban J connectivity index is 1.63. The molecule has 2 aromatic carbocycles. The number of carbonyl (C=O) groups is 1. The van der Waals surface area contributed by atoms with Gasteiger partial charge >= 0.3 is 0 Å². The summed E-state index contributed by atoms with van der Waals surface area (Å²) in [5.74, 6) is -0.261. The van der Waals surface area contributed by atoms with Crippen LogP contribution in [0.4, 0.5) is 5.69 Å². The first-order valence-electron chi connectivity index (χ1n) is 7.63. The van der Waals surface area contributed by atoms with Crippen molar-refractivity contribution in [3.05, 3.63) is 75.3 Å². The lowest BCUT2D eigenvalue weighted by Crippen LogP contribution is -2.44. The molecule has 1 heterocycles. The van der Waals surface area contributed by atoms with E-state index >= 15 is 0 Å². The Labute approximate surface area is 143 Å². The van der Waals surface area contributed by atoms with Crippen LogP contribution in [-0.2, 0) is 0 Å². The SMILES string of the molecule is N#Cc1ccc(C(=O)NC2CC(c3cccc([N+](=O)[O-])c3)NN2)cc1. The zero-order valence-corrected chi connectivity index (χ0v) is 13.1. The summed E-state index contributed by atoms with van der Waals surface area (Å²) in [5.41, 5.74) is 7.76. The summed E-state index contributed by atoms with van der Waals surface area (Å²) >= 11 is 0. The van der Waals surface area contributed by atoms with Gasteiger partial charge in [-0.05, 0) is 29.8 Å². The summed E-state index contributed by atoms with van der Waals surface area (Å²) in [4.78, 5) is 22.7. The fraction of sp³-hybridized carbons (Fsp3) is 0.176. The number of amides is 1. The highest BCUT2D eigenvalue weighted by molar-refractivity contribution is 5.94. The molecule has 126 valence electrons. The molecule has 0 aliphatic carbocycles. The predicted octanol–water partition coefficient (Wildman–Crippen LogP) is 1.76. The average Bonchev–Trinajstić information content (AvgIpc) is 3.10. The second-order valence-corrected chi connectivity index (χ2v) is 5.64. The normalized spacial score (nSPS) is 19.2. The smallest absolute Gasteiger partial charge is 0.269 e. The second-order valence-electron chi connectivity index (χ2n) is 5.64. The van der Waals surface area contributed by atoms with E-state index in [0.29, 0.717) is 17.5 Å². The van der Waals surface area contributed by atoms with Crippen LogP contribution in [0.1, 0.15) is 33.9 Å². The van der Waals surface area contributed by atoms with E-state index in [1.807, 2.05) is 6.07 Å². The van der Waals surface area contributed by atoms with Crippen molar-refractivity contribution in [1.29, 1.82) is 5.26 Å². The third-order valence-electron chi connectivity index (χ3n) is 3.97. The minimum Gasteiger partial charge on any atom is -0.335 e. The van der Waals surface area contributed by atoms with Crippen LogP contribution < -0.4 is 16.2 Å². The average molecular weight is 337 g/mol. The van der Waals surface area contributed by atoms with Crippen molar-refractivity contribution in [2.75, 3.05) is 0 Å². The van der Waals surface area contributed by atoms with Gasteiger partial charge in [0.05, 0.1) is 22.7 Å². The third kappa shape index (κ3) is 3.80. The van der Waals surface area contributed by atoms with E-state index in [4.69, 9.17) is 5.26 Å². The maximum atomic E-state index is 12.2. The van der Waals surface area contributed by atoms with Crippen LogP contribution in [0.25, 0.3) is 0 Å². The monoisotopic (exact) mass is 337 g/mol. The van der Waals surface area contributed by atoms with Gasteiger partial charge in [0.2, 0.25) is 0 Å². The Kier molecular flexibility index (Phi) is 4.70. The molecule has 3 rings (SSSR count). The predicted molar refractivity (Wildman–Crippen MR) is 89.1 cm³/mol. The van der Waals surface area contributed by atoms with E-state index in [0.717, 1.165) is 5.56 Å². The molecule has 8 nitrogen and oxygen atoms in total. The molecule has 0 aromatic heterocycles. The summed E-state index contributed by atoms with van der Waals surface area (Å²) in [6, 6.07) is 14.6. The molecular weight excluding hydrogens is 322 g/mol. The van der Waals surface area contributed by atoms with Crippen molar-refractivity contribution >= 4 is 11.6 Å². The number of nitrogens with one attached hydrogen (secondary N) is 3. The van der Waals surface area contributed by atoms with Gasteiger partial charge < -0.3 is 5.32 Å². The van der Waals surface area contributed by atoms with Crippen molar-refractivity contribution in [2.24, 2.45) is 0 Å². The molecule has 0 bridgehead atoms. The van der Waals surface area contributed by atoms with Crippen LogP contribution in [0, 0.1) is 21.4 Å². The van der Waals surface area contributed by atoms with Crippen LogP contribution in [0.3, 0.4) is 0 Å². The lowest BCUT2D eigenvalue weighted by molar-refractivity contribution is -0.384. The number of benzene rings is 2. The fourth-order valence-electron chi connectivity index (χ4n) is 2.66. The first-order valence-corrected chi connectivity index (χ1v) is 7.63. The number of nitriles is 1. The number of nitro groups is 1. The van der Waals surface area contributed by atoms with Gasteiger partial charge in [-0.1, -0.05) is 12.1 Å². The molecule has 0 spiro atoms. The topological polar surface area (TPSA) is 120 Å². The van der Waals surface area contributed by atoms with Gasteiger partial charge in [0, 0.05) is 30.2 Å². The van der Waals surface area contributed by atoms with Gasteiger partial charge in [0.15, 0.2) is 0 Å². The summed E-state index contributed by atoms with van der Waals surface area (Å²) in [7, 11) is 0. The van der Waals surface area contributed by atoms with E-state index in [1.165, 1.54) is 12.1 Å². The summed E-state index contributed by atoms with van der Waals surface area (Å²) in [6.07, 6.45) is 0.232. The molecule has 1 saturated heterocycles. The molecule has 1 aliphatic rings. The van der Waals surface area contributed by atoms with Gasteiger partial charge in [-0.25, -0.2) is 10.9 Å². The minimum atomic E-state index is -0.434. The number of nitro benzene ring substituents is 1. The van der Waals surface area contributed by atoms with Crippen LogP contribution >= 0.6 is 0 Å². The van der Waals surface area contributed by atoms with E-state index in [-0.39, 0.29) is 23.8 Å². The molecule has 8 heteroatoms. The van der Waals surface area contributed by atoms with Gasteiger partial charge in [0.1, 0.15) is 0 Å². The van der Waals surface area contributed by atoms with Crippen molar-refractivity contribution in [2.45, 2.75) is 18.6 Å². The fourth-order valence-corrected chi connectivity index (χ4v) is 2.66. The Morgan fingerprint density at radius 2 is 2.00 bits per heavy atom. The van der Waals surface area contributed by atoms with Gasteiger partial charge in [0.25, 0.3) is 11.6 Å². The quantitative estimate of drug-likeness (QED) is 0.577. The van der Waals surface area contributed by atoms with Crippen molar-refractivity contribution in [3.8, 4) is 6.07 Å². The van der Waals surface area contributed by atoms with E-state index in [2.05, 4.69) is 16.2 Å². The van der Waals surface area contributed by atoms with Gasteiger partial charge in [-0.3, -0.25) is 14.9 Å². The summed E-state index contributed by atoms with van der Waals surface area (Å²) in [6.45, 7) is 0. The number of hydrogen-bond acceptors (Lipinski definition) is 6. The maximum Gasteiger partial charge on any atom is 0.269 e. The first-order chi connectivity index (χ1) is 12.1. The first kappa shape index (κ1) is 16.6. The zero-order chi connectivity index (χ0) is 17.8. The number of rotatable bonds is 4. The van der Waals surface area contributed by atoms with Crippen LogP contribution in [0.2, 0.25) is 0 Å². The van der Waals surface area contributed by atoms with Gasteiger partial charge in [-0.2, -0.15) is 5.26 Å². The van der Waals surface area contributed by atoms with Crippen LogP contribution in [-0.4, -0.2) is 17.0 Å². The molecule has 1 fully saturated rings. The zero-order valence-electron chi connectivity index (χ0n) is 13.1. The highest BCUT2D eigenvalue weighted by atomic mass is 16.6. The van der Waals surface area contributed by atoms with E-state index < -0.39 is 4.92 Å². The molecule has 2 aromatic rings. The molecule has 3 N–H and O–H groups in total. The molecule has 1 aliphatic heterocycles. The lowest BCUT2D eigenvalue weighted by Gasteiger charge is -2.12. The molecule has 0 saturated carbocycles. The molecule has 25 heavy (non-hydrogen) atoms. The Morgan fingerprint density at radius 3 is 2.68 bits per heavy atom. The van der Waals surface area contributed by atoms with E-state index in [9.17, 15) is 14.9 Å². The standard InChI is InChI=1S/C17H15N5O3/c18-10-11-4-6-12(7-5-11)17(23)19-16-9-15(20-21-16)13-2-1-3-14(8-13)22(24)25/h1-8,15-16,20-21H,9H2,(H,19,23). The minimum absolute atomic E-state index is 0.0318. The second kappa shape index (κ2) is 7.09. The Hall–Kier alpha value is -3.28. The number of carbonyl (C=O) groups excluding carboxylic acids is 1. The van der Waals surface area contributed by atoms with E-state index in [1.54, 1.807) is 36.4 Å². The van der Waals surface area contributed by atoms with Crippen molar-refractivity contribution in [1.82, 2.24) is 16.2 Å². The number of nitrogens with zero attached hydrogens (tertiary/aromatic N) is 2. The Bertz CT molecular complexity index is 844. The van der Waals surface area contributed by atoms with Crippen molar-refractivity contribution in [3.63, 3.8) is 0 Å². The highest BCUT2D eigenvalue weighted by Crippen LogP contribution is 2.24. The van der Waals surface area contributed by atoms with Crippen LogP contribution in [0.15, 0.2) is 48.5 Å². The Morgan fingerprint density at radius 1 is 1.24 bits per heavy atom. The largest absolute Gasteiger partial charge is 0.335 e. The summed E-state index contributed by atoms with van der Waals surface area (Å²) in [5, 5.41) is 22.5. The maximum absolute atomic E-state index is 12.2. The number of non-ortho nitro benzene ring substituents is 1. The molecule has 2 atom stereocenters. The number of hydrazine groups is 1. The lowest BCUT2D eigenvalue weighted by atomic mass is 10.0. The molecular formula is C17H15N5O3. The molecule has 2 unspecified atom stereocenters. The molecule has 0 radical (unpaired) electrons.